The van der Waals surface area contributed by atoms with Gasteiger partial charge in [0, 0.05) is 25.5 Å². The van der Waals surface area contributed by atoms with Crippen LogP contribution in [-0.2, 0) is 13.0 Å². The summed E-state index contributed by atoms with van der Waals surface area (Å²) in [5, 5.41) is 8.74. The second-order valence-corrected chi connectivity index (χ2v) is 3.88. The van der Waals surface area contributed by atoms with Crippen molar-refractivity contribution in [3.8, 4) is 0 Å². The predicted octanol–water partition coefficient (Wildman–Crippen LogP) is 1.86. The Hall–Kier alpha value is -1.61. The third kappa shape index (κ3) is 2.94. The quantitative estimate of drug-likeness (QED) is 0.828. The maximum atomic E-state index is 8.74. The minimum atomic E-state index is 0.261. The van der Waals surface area contributed by atoms with E-state index in [1.807, 2.05) is 17.1 Å². The summed E-state index contributed by atoms with van der Waals surface area (Å²) in [7, 11) is 0. The first kappa shape index (κ1) is 10.9. The van der Waals surface area contributed by atoms with Gasteiger partial charge >= 0.3 is 0 Å². The zero-order chi connectivity index (χ0) is 11.2. The van der Waals surface area contributed by atoms with Crippen molar-refractivity contribution in [2.75, 3.05) is 6.61 Å². The van der Waals surface area contributed by atoms with Gasteiger partial charge in [-0.15, -0.1) is 0 Å². The van der Waals surface area contributed by atoms with Crippen LogP contribution in [0.4, 0.5) is 0 Å². The number of rotatable bonds is 5. The Morgan fingerprint density at radius 2 is 1.88 bits per heavy atom. The average molecular weight is 216 g/mol. The van der Waals surface area contributed by atoms with Gasteiger partial charge in [-0.3, -0.25) is 0 Å². The highest BCUT2D eigenvalue weighted by Crippen LogP contribution is 2.08. The molecule has 0 saturated carbocycles. The van der Waals surface area contributed by atoms with E-state index in [4.69, 9.17) is 5.11 Å². The van der Waals surface area contributed by atoms with Crippen LogP contribution in [0.25, 0.3) is 0 Å². The second kappa shape index (κ2) is 5.47. The van der Waals surface area contributed by atoms with Crippen molar-refractivity contribution in [1.29, 1.82) is 0 Å². The van der Waals surface area contributed by atoms with Gasteiger partial charge < -0.3 is 9.67 Å². The van der Waals surface area contributed by atoms with Gasteiger partial charge in [0.25, 0.3) is 0 Å². The third-order valence-electron chi connectivity index (χ3n) is 2.57. The molecule has 16 heavy (non-hydrogen) atoms. The molecule has 0 bridgehead atoms. The third-order valence-corrected chi connectivity index (χ3v) is 2.57. The van der Waals surface area contributed by atoms with Crippen molar-refractivity contribution in [3.63, 3.8) is 0 Å². The molecule has 0 aliphatic heterocycles. The number of aliphatic hydroxyl groups is 1. The van der Waals surface area contributed by atoms with Gasteiger partial charge in [-0.05, 0) is 24.0 Å². The Balaban J connectivity index is 1.96. The van der Waals surface area contributed by atoms with Crippen molar-refractivity contribution in [3.05, 3.63) is 54.1 Å². The van der Waals surface area contributed by atoms with E-state index in [0.717, 1.165) is 19.4 Å². The molecular formula is C13H16N2O. The van der Waals surface area contributed by atoms with E-state index >= 15 is 0 Å². The predicted molar refractivity (Wildman–Crippen MR) is 63.2 cm³/mol. The van der Waals surface area contributed by atoms with Crippen molar-refractivity contribution >= 4 is 0 Å². The Bertz CT molecular complexity index is 406. The zero-order valence-electron chi connectivity index (χ0n) is 9.21. The van der Waals surface area contributed by atoms with Crippen LogP contribution < -0.4 is 0 Å². The molecule has 1 aromatic carbocycles. The van der Waals surface area contributed by atoms with Crippen molar-refractivity contribution in [1.82, 2.24) is 9.55 Å². The molecule has 0 radical (unpaired) electrons. The fourth-order valence-electron chi connectivity index (χ4n) is 1.69. The zero-order valence-corrected chi connectivity index (χ0v) is 9.21. The van der Waals surface area contributed by atoms with E-state index in [1.54, 1.807) is 6.20 Å². The van der Waals surface area contributed by atoms with E-state index < -0.39 is 0 Å². The maximum Gasteiger partial charge on any atom is 0.0949 e. The molecule has 0 aliphatic rings. The van der Waals surface area contributed by atoms with E-state index in [-0.39, 0.29) is 6.61 Å². The van der Waals surface area contributed by atoms with E-state index in [9.17, 15) is 0 Å². The lowest BCUT2D eigenvalue weighted by molar-refractivity contribution is 0.288. The van der Waals surface area contributed by atoms with E-state index in [1.165, 1.54) is 11.1 Å². The van der Waals surface area contributed by atoms with Crippen LogP contribution in [0.5, 0.6) is 0 Å². The SMILES string of the molecule is OCCCc1ccc(Cn2ccnc2)cc1. The van der Waals surface area contributed by atoms with Gasteiger partial charge in [-0.25, -0.2) is 4.98 Å². The lowest BCUT2D eigenvalue weighted by Gasteiger charge is -2.04. The van der Waals surface area contributed by atoms with Crippen LogP contribution in [0.1, 0.15) is 17.5 Å². The van der Waals surface area contributed by atoms with Gasteiger partial charge in [-0.2, -0.15) is 0 Å². The Morgan fingerprint density at radius 1 is 1.12 bits per heavy atom. The minimum Gasteiger partial charge on any atom is -0.396 e. The van der Waals surface area contributed by atoms with Crippen LogP contribution in [-0.4, -0.2) is 21.3 Å². The summed E-state index contributed by atoms with van der Waals surface area (Å²) in [6.45, 7) is 1.12. The highest BCUT2D eigenvalue weighted by atomic mass is 16.2. The fraction of sp³-hybridized carbons (Fsp3) is 0.308. The summed E-state index contributed by atoms with van der Waals surface area (Å²) in [6.07, 6.45) is 7.34. The Labute approximate surface area is 95.4 Å². The largest absolute Gasteiger partial charge is 0.396 e. The molecule has 3 heteroatoms. The molecule has 0 unspecified atom stereocenters. The first-order chi connectivity index (χ1) is 7.88. The standard InChI is InChI=1S/C13H16N2O/c16-9-1-2-12-3-5-13(6-4-12)10-15-8-7-14-11-15/h3-8,11,16H,1-2,9-10H2. The number of imidazole rings is 1. The van der Waals surface area contributed by atoms with Gasteiger partial charge in [0.1, 0.15) is 0 Å². The molecule has 1 N–H and O–H groups in total. The molecule has 2 aromatic rings. The number of aliphatic hydroxyl groups excluding tert-OH is 1. The van der Waals surface area contributed by atoms with Crippen LogP contribution >= 0.6 is 0 Å². The molecule has 1 heterocycles. The molecule has 0 spiro atoms. The highest BCUT2D eigenvalue weighted by Gasteiger charge is 1.96. The van der Waals surface area contributed by atoms with Crippen molar-refractivity contribution in [2.24, 2.45) is 0 Å². The summed E-state index contributed by atoms with van der Waals surface area (Å²) in [5.41, 5.74) is 2.55. The number of aryl methyl sites for hydroxylation is 1. The number of nitrogens with zero attached hydrogens (tertiary/aromatic N) is 2. The molecule has 1 aromatic heterocycles. The lowest BCUT2D eigenvalue weighted by Crippen LogP contribution is -1.96. The summed E-state index contributed by atoms with van der Waals surface area (Å²) in [4.78, 5) is 4.01. The van der Waals surface area contributed by atoms with Crippen LogP contribution in [0.3, 0.4) is 0 Å². The monoisotopic (exact) mass is 216 g/mol. The first-order valence-corrected chi connectivity index (χ1v) is 5.53. The Morgan fingerprint density at radius 3 is 2.50 bits per heavy atom. The van der Waals surface area contributed by atoms with E-state index in [2.05, 4.69) is 29.2 Å². The number of benzene rings is 1. The second-order valence-electron chi connectivity index (χ2n) is 3.88. The molecular weight excluding hydrogens is 200 g/mol. The smallest absolute Gasteiger partial charge is 0.0949 e. The van der Waals surface area contributed by atoms with E-state index in [0.29, 0.717) is 0 Å². The number of hydrogen-bond donors (Lipinski definition) is 1. The van der Waals surface area contributed by atoms with Crippen LogP contribution in [0.2, 0.25) is 0 Å². The maximum absolute atomic E-state index is 8.74. The lowest BCUT2D eigenvalue weighted by atomic mass is 10.1. The summed E-state index contributed by atoms with van der Waals surface area (Å²) < 4.78 is 2.04. The van der Waals surface area contributed by atoms with Crippen LogP contribution in [0, 0.1) is 0 Å². The molecule has 84 valence electrons. The first-order valence-electron chi connectivity index (χ1n) is 5.53. The van der Waals surface area contributed by atoms with Gasteiger partial charge in [0.2, 0.25) is 0 Å². The number of aromatic nitrogens is 2. The molecule has 0 atom stereocenters. The molecule has 3 nitrogen and oxygen atoms in total. The topological polar surface area (TPSA) is 38.0 Å². The molecule has 0 saturated heterocycles. The molecule has 0 aliphatic carbocycles. The molecule has 0 fully saturated rings. The molecule has 2 rings (SSSR count). The molecule has 0 amide bonds. The highest BCUT2D eigenvalue weighted by molar-refractivity contribution is 5.22. The van der Waals surface area contributed by atoms with Gasteiger partial charge in [0.15, 0.2) is 0 Å². The average Bonchev–Trinajstić information content (AvgIpc) is 2.81. The van der Waals surface area contributed by atoms with Gasteiger partial charge in [-0.1, -0.05) is 24.3 Å². The van der Waals surface area contributed by atoms with Crippen molar-refractivity contribution < 1.29 is 5.11 Å². The minimum absolute atomic E-state index is 0.261. The summed E-state index contributed by atoms with van der Waals surface area (Å²) in [5.74, 6) is 0. The fourth-order valence-corrected chi connectivity index (χ4v) is 1.69. The van der Waals surface area contributed by atoms with Crippen LogP contribution in [0.15, 0.2) is 43.0 Å². The normalized spacial score (nSPS) is 10.6. The number of hydrogen-bond acceptors (Lipinski definition) is 2. The Kier molecular flexibility index (Phi) is 3.72. The van der Waals surface area contributed by atoms with Gasteiger partial charge in [0.05, 0.1) is 6.33 Å². The summed E-state index contributed by atoms with van der Waals surface area (Å²) in [6, 6.07) is 8.52. The van der Waals surface area contributed by atoms with Crippen molar-refractivity contribution in [2.45, 2.75) is 19.4 Å². The summed E-state index contributed by atoms with van der Waals surface area (Å²) >= 11 is 0.